The molecule has 0 spiro atoms. The van der Waals surface area contributed by atoms with Gasteiger partial charge in [0.15, 0.2) is 0 Å². The lowest BCUT2D eigenvalue weighted by Gasteiger charge is -2.36. The molecule has 0 saturated heterocycles. The summed E-state index contributed by atoms with van der Waals surface area (Å²) in [4.78, 5) is 0. The third-order valence-electron chi connectivity index (χ3n) is 4.53. The predicted octanol–water partition coefficient (Wildman–Crippen LogP) is 6.31. The maximum absolute atomic E-state index is 3.44. The molecule has 126 valence electrons. The van der Waals surface area contributed by atoms with E-state index in [2.05, 4.69) is 85.1 Å². The first-order valence-electron chi connectivity index (χ1n) is 8.85. The number of benzene rings is 1. The van der Waals surface area contributed by atoms with Crippen LogP contribution < -0.4 is 5.32 Å². The summed E-state index contributed by atoms with van der Waals surface area (Å²) in [5.74, 6) is 0.598. The van der Waals surface area contributed by atoms with Gasteiger partial charge in [0.1, 0.15) is 0 Å². The fourth-order valence-corrected chi connectivity index (χ4v) is 3.26. The van der Waals surface area contributed by atoms with Crippen LogP contribution >= 0.6 is 0 Å². The molecular formula is C21H37N. The highest BCUT2D eigenvalue weighted by atomic mass is 14.9. The van der Waals surface area contributed by atoms with E-state index in [1.54, 1.807) is 0 Å². The summed E-state index contributed by atoms with van der Waals surface area (Å²) in [7, 11) is 2.06. The van der Waals surface area contributed by atoms with Crippen molar-refractivity contribution in [2.24, 2.45) is 10.8 Å². The van der Waals surface area contributed by atoms with E-state index >= 15 is 0 Å². The van der Waals surface area contributed by atoms with Crippen molar-refractivity contribution in [1.82, 2.24) is 5.32 Å². The predicted molar refractivity (Wildman–Crippen MR) is 99.4 cm³/mol. The number of hydrogen-bond donors (Lipinski definition) is 1. The van der Waals surface area contributed by atoms with Crippen LogP contribution in [0.5, 0.6) is 0 Å². The van der Waals surface area contributed by atoms with Crippen LogP contribution in [0, 0.1) is 10.8 Å². The summed E-state index contributed by atoms with van der Waals surface area (Å²) >= 11 is 0. The molecule has 0 amide bonds. The molecular weight excluding hydrogens is 266 g/mol. The standard InChI is InChI=1S/C21H37N/c1-9-10-19(22-8)17-13-11-16(12-14-17)18(21(5,6)7)15-20(2,3)4/h11-14,18-19,22H,9-10,15H2,1-8H3. The Hall–Kier alpha value is -0.820. The molecule has 0 bridgehead atoms. The summed E-state index contributed by atoms with van der Waals surface area (Å²) in [5.41, 5.74) is 3.54. The molecule has 0 fully saturated rings. The molecule has 1 heteroatoms. The first-order chi connectivity index (χ1) is 10.1. The van der Waals surface area contributed by atoms with Gasteiger partial charge in [0, 0.05) is 6.04 Å². The fraction of sp³-hybridized carbons (Fsp3) is 0.714. The zero-order valence-electron chi connectivity index (χ0n) is 16.1. The van der Waals surface area contributed by atoms with Crippen molar-refractivity contribution >= 4 is 0 Å². The van der Waals surface area contributed by atoms with E-state index in [4.69, 9.17) is 0 Å². The Bertz CT molecular complexity index is 430. The zero-order chi connectivity index (χ0) is 17.0. The molecule has 0 aliphatic heterocycles. The molecule has 0 saturated carbocycles. The summed E-state index contributed by atoms with van der Waals surface area (Å²) in [6.45, 7) is 16.4. The first-order valence-corrected chi connectivity index (χ1v) is 8.85. The maximum Gasteiger partial charge on any atom is 0.0317 e. The van der Waals surface area contributed by atoms with E-state index in [-0.39, 0.29) is 0 Å². The minimum atomic E-state index is 0.292. The van der Waals surface area contributed by atoms with Crippen LogP contribution in [0.3, 0.4) is 0 Å². The topological polar surface area (TPSA) is 12.0 Å². The van der Waals surface area contributed by atoms with Crippen molar-refractivity contribution in [1.29, 1.82) is 0 Å². The van der Waals surface area contributed by atoms with Gasteiger partial charge in [0.2, 0.25) is 0 Å². The average molecular weight is 304 g/mol. The molecule has 1 rings (SSSR count). The average Bonchev–Trinajstić information content (AvgIpc) is 2.40. The number of rotatable bonds is 6. The van der Waals surface area contributed by atoms with E-state index in [0.717, 1.165) is 0 Å². The smallest absolute Gasteiger partial charge is 0.0317 e. The third-order valence-corrected chi connectivity index (χ3v) is 4.53. The molecule has 0 aromatic heterocycles. The minimum Gasteiger partial charge on any atom is -0.313 e. The molecule has 1 nitrogen and oxygen atoms in total. The third kappa shape index (κ3) is 5.76. The highest BCUT2D eigenvalue weighted by Crippen LogP contribution is 2.43. The van der Waals surface area contributed by atoms with Gasteiger partial charge < -0.3 is 5.32 Å². The molecule has 0 radical (unpaired) electrons. The van der Waals surface area contributed by atoms with Gasteiger partial charge in [0.25, 0.3) is 0 Å². The molecule has 1 N–H and O–H groups in total. The van der Waals surface area contributed by atoms with Crippen LogP contribution in [-0.4, -0.2) is 7.05 Å². The van der Waals surface area contributed by atoms with E-state index in [9.17, 15) is 0 Å². The second-order valence-electron chi connectivity index (χ2n) is 8.98. The summed E-state index contributed by atoms with van der Waals surface area (Å²) < 4.78 is 0. The number of nitrogens with one attached hydrogen (secondary N) is 1. The zero-order valence-corrected chi connectivity index (χ0v) is 16.1. The summed E-state index contributed by atoms with van der Waals surface area (Å²) in [6.07, 6.45) is 3.63. The molecule has 0 aliphatic carbocycles. The van der Waals surface area contributed by atoms with Crippen LogP contribution in [0.15, 0.2) is 24.3 Å². The van der Waals surface area contributed by atoms with Crippen LogP contribution in [0.2, 0.25) is 0 Å². The van der Waals surface area contributed by atoms with Gasteiger partial charge in [-0.1, -0.05) is 79.2 Å². The second-order valence-corrected chi connectivity index (χ2v) is 8.98. The maximum atomic E-state index is 3.44. The Morgan fingerprint density at radius 2 is 1.41 bits per heavy atom. The quantitative estimate of drug-likeness (QED) is 0.649. The molecule has 2 atom stereocenters. The van der Waals surface area contributed by atoms with E-state index in [1.165, 1.54) is 30.4 Å². The van der Waals surface area contributed by atoms with Crippen LogP contribution in [0.4, 0.5) is 0 Å². The Balaban J connectivity index is 3.02. The monoisotopic (exact) mass is 303 g/mol. The molecule has 0 aliphatic rings. The molecule has 2 unspecified atom stereocenters. The Kier molecular flexibility index (Phi) is 6.67. The van der Waals surface area contributed by atoms with Crippen LogP contribution in [-0.2, 0) is 0 Å². The Morgan fingerprint density at radius 3 is 1.77 bits per heavy atom. The van der Waals surface area contributed by atoms with Crippen LogP contribution in [0.25, 0.3) is 0 Å². The van der Waals surface area contributed by atoms with Gasteiger partial charge in [-0.15, -0.1) is 0 Å². The van der Waals surface area contributed by atoms with E-state index < -0.39 is 0 Å². The van der Waals surface area contributed by atoms with Gasteiger partial charge in [-0.3, -0.25) is 0 Å². The normalized spacial score (nSPS) is 15.6. The Labute approximate surface area is 138 Å². The number of hydrogen-bond acceptors (Lipinski definition) is 1. The van der Waals surface area contributed by atoms with Crippen molar-refractivity contribution in [2.45, 2.75) is 79.7 Å². The van der Waals surface area contributed by atoms with Crippen molar-refractivity contribution in [3.63, 3.8) is 0 Å². The van der Waals surface area contributed by atoms with Gasteiger partial charge in [-0.2, -0.15) is 0 Å². The van der Waals surface area contributed by atoms with Gasteiger partial charge in [-0.25, -0.2) is 0 Å². The molecule has 22 heavy (non-hydrogen) atoms. The summed E-state index contributed by atoms with van der Waals surface area (Å²) in [6, 6.07) is 9.85. The summed E-state index contributed by atoms with van der Waals surface area (Å²) in [5, 5.41) is 3.44. The lowest BCUT2D eigenvalue weighted by molar-refractivity contribution is 0.229. The van der Waals surface area contributed by atoms with Crippen molar-refractivity contribution in [3.05, 3.63) is 35.4 Å². The van der Waals surface area contributed by atoms with Crippen LogP contribution in [0.1, 0.15) is 90.8 Å². The molecule has 1 aromatic carbocycles. The van der Waals surface area contributed by atoms with E-state index in [0.29, 0.717) is 22.8 Å². The highest BCUT2D eigenvalue weighted by Gasteiger charge is 2.30. The minimum absolute atomic E-state index is 0.292. The van der Waals surface area contributed by atoms with Gasteiger partial charge >= 0.3 is 0 Å². The lowest BCUT2D eigenvalue weighted by atomic mass is 9.69. The lowest BCUT2D eigenvalue weighted by Crippen LogP contribution is -2.24. The van der Waals surface area contributed by atoms with Crippen molar-refractivity contribution in [2.75, 3.05) is 7.05 Å². The highest BCUT2D eigenvalue weighted by molar-refractivity contribution is 5.28. The largest absolute Gasteiger partial charge is 0.313 e. The van der Waals surface area contributed by atoms with Crippen molar-refractivity contribution < 1.29 is 0 Å². The molecule has 0 heterocycles. The van der Waals surface area contributed by atoms with Gasteiger partial charge in [-0.05, 0) is 47.8 Å². The van der Waals surface area contributed by atoms with E-state index in [1.807, 2.05) is 0 Å². The second kappa shape index (κ2) is 7.64. The molecule has 1 aromatic rings. The van der Waals surface area contributed by atoms with Crippen molar-refractivity contribution in [3.8, 4) is 0 Å². The fourth-order valence-electron chi connectivity index (χ4n) is 3.26. The first kappa shape index (κ1) is 19.2. The van der Waals surface area contributed by atoms with Gasteiger partial charge in [0.05, 0.1) is 0 Å². The Morgan fingerprint density at radius 1 is 0.909 bits per heavy atom. The SMILES string of the molecule is CCCC(NC)c1ccc(C(CC(C)(C)C)C(C)(C)C)cc1.